The van der Waals surface area contributed by atoms with Crippen LogP contribution in [0.25, 0.3) is 27.4 Å². The number of hydrogen-bond donors (Lipinski definition) is 4. The number of nitrogens with zero attached hydrogens (tertiary/aromatic N) is 4. The van der Waals surface area contributed by atoms with E-state index in [1.54, 1.807) is 34.8 Å². The summed E-state index contributed by atoms with van der Waals surface area (Å²) in [6.07, 6.45) is 13.5. The molecule has 4 aromatic heterocycles. The Kier molecular flexibility index (Phi) is 15.8. The van der Waals surface area contributed by atoms with Crippen LogP contribution in [-0.4, -0.2) is 74.5 Å². The SMILES string of the molecule is CSC(=N)c1cccs1.I.NC(=Nc1ccc2c(C3CN4CCC3CC4)c[nH]c2c1)c1cccs1.O=[N+]([O-])c1ccc2c(C3=CN4CCC3CC4)c[nH]c2c1.[CH3-].[Pd]. The minimum atomic E-state index is -0.354. The fourth-order valence-electron chi connectivity index (χ4n) is 8.35. The van der Waals surface area contributed by atoms with Crippen molar-refractivity contribution in [1.82, 2.24) is 19.8 Å². The molecule has 10 nitrogen and oxygen atoms in total. The molecular formula is C42H48IN8O2PdS3-. The van der Waals surface area contributed by atoms with Crippen molar-refractivity contribution in [3.63, 3.8) is 0 Å². The van der Waals surface area contributed by atoms with Gasteiger partial charge in [-0.15, -0.1) is 58.4 Å². The number of aromatic amines is 2. The van der Waals surface area contributed by atoms with Crippen LogP contribution in [0.2, 0.25) is 0 Å². The molecule has 0 saturated carbocycles. The molecule has 6 aliphatic rings. The molecular weight excluding hydrogens is 978 g/mol. The van der Waals surface area contributed by atoms with E-state index >= 15 is 0 Å². The molecule has 4 saturated heterocycles. The zero-order valence-electron chi connectivity index (χ0n) is 31.9. The summed E-state index contributed by atoms with van der Waals surface area (Å²) < 4.78 is 0. The number of aromatic nitrogens is 2. The molecule has 4 fully saturated rings. The number of thiophene rings is 2. The van der Waals surface area contributed by atoms with E-state index in [4.69, 9.17) is 11.1 Å². The molecule has 0 spiro atoms. The van der Waals surface area contributed by atoms with E-state index in [-0.39, 0.29) is 62.4 Å². The Labute approximate surface area is 377 Å². The summed E-state index contributed by atoms with van der Waals surface area (Å²) in [5, 5.41) is 25.3. The molecule has 6 aliphatic heterocycles. The number of benzene rings is 2. The van der Waals surface area contributed by atoms with Crippen LogP contribution in [0.4, 0.5) is 11.4 Å². The second-order valence-electron chi connectivity index (χ2n) is 14.3. The van der Waals surface area contributed by atoms with Gasteiger partial charge in [0.2, 0.25) is 0 Å². The Hall–Kier alpha value is -3.30. The van der Waals surface area contributed by atoms with Crippen molar-refractivity contribution in [3.8, 4) is 0 Å². The Morgan fingerprint density at radius 2 is 1.60 bits per heavy atom. The van der Waals surface area contributed by atoms with Crippen LogP contribution >= 0.6 is 58.4 Å². The van der Waals surface area contributed by atoms with E-state index in [0.29, 0.717) is 22.7 Å². The van der Waals surface area contributed by atoms with Gasteiger partial charge < -0.3 is 32.9 Å². The van der Waals surface area contributed by atoms with Gasteiger partial charge in [0, 0.05) is 98.6 Å². The molecule has 1 atom stereocenters. The molecule has 0 aliphatic carbocycles. The van der Waals surface area contributed by atoms with Crippen LogP contribution in [0.3, 0.4) is 0 Å². The zero-order valence-corrected chi connectivity index (χ0v) is 38.2. The average Bonchev–Trinajstić information content (AvgIpc) is 4.06. The predicted octanol–water partition coefficient (Wildman–Crippen LogP) is 10.7. The molecule has 1 unspecified atom stereocenters. The molecule has 10 heterocycles. The maximum absolute atomic E-state index is 10.8. The smallest absolute Gasteiger partial charge is 0.271 e. The van der Waals surface area contributed by atoms with Gasteiger partial charge in [-0.25, -0.2) is 4.99 Å². The summed E-state index contributed by atoms with van der Waals surface area (Å²) in [7, 11) is 0. The summed E-state index contributed by atoms with van der Waals surface area (Å²) in [5.74, 6) is 2.73. The molecule has 6 aromatic rings. The predicted molar refractivity (Wildman–Crippen MR) is 249 cm³/mol. The molecule has 0 amide bonds. The van der Waals surface area contributed by atoms with E-state index in [9.17, 15) is 10.1 Å². The quantitative estimate of drug-likeness (QED) is 0.0249. The number of nitrogens with two attached hydrogens (primary N) is 1. The fraction of sp³-hybridized carbons (Fsp3) is 0.310. The number of amidine groups is 1. The van der Waals surface area contributed by atoms with Gasteiger partial charge >= 0.3 is 0 Å². The molecule has 57 heavy (non-hydrogen) atoms. The maximum Gasteiger partial charge on any atom is 0.271 e. The summed E-state index contributed by atoms with van der Waals surface area (Å²) in [6.45, 7) is 6.08. The monoisotopic (exact) mass is 1030 g/mol. The molecule has 0 radical (unpaired) electrons. The number of piperidine rings is 4. The number of halogens is 1. The van der Waals surface area contributed by atoms with Crippen molar-refractivity contribution >= 4 is 108 Å². The number of nitro benzene ring substituents is 1. The Morgan fingerprint density at radius 3 is 2.19 bits per heavy atom. The van der Waals surface area contributed by atoms with Gasteiger partial charge in [0.15, 0.2) is 0 Å². The third-order valence-electron chi connectivity index (χ3n) is 11.2. The topological polar surface area (TPSA) is 143 Å². The Balaban J connectivity index is 0.000000174. The summed E-state index contributed by atoms with van der Waals surface area (Å²) in [4.78, 5) is 28.8. The van der Waals surface area contributed by atoms with Gasteiger partial charge in [-0.3, -0.25) is 15.5 Å². The number of non-ortho nitro benzene ring substituents is 1. The van der Waals surface area contributed by atoms with Gasteiger partial charge in [0.1, 0.15) is 10.9 Å². The number of allylic oxidation sites excluding steroid dienone is 1. The minimum Gasteiger partial charge on any atom is -0.383 e. The van der Waals surface area contributed by atoms with Crippen molar-refractivity contribution in [3.05, 3.63) is 128 Å². The van der Waals surface area contributed by atoms with Gasteiger partial charge in [-0.05, 0) is 109 Å². The summed E-state index contributed by atoms with van der Waals surface area (Å²) in [5.41, 5.74) is 13.2. The Morgan fingerprint density at radius 1 is 0.930 bits per heavy atom. The molecule has 2 aromatic carbocycles. The van der Waals surface area contributed by atoms with Crippen molar-refractivity contribution in [2.24, 2.45) is 22.6 Å². The van der Waals surface area contributed by atoms with Gasteiger partial charge in [0.25, 0.3) is 5.69 Å². The van der Waals surface area contributed by atoms with Gasteiger partial charge in [-0.1, -0.05) is 18.2 Å². The maximum atomic E-state index is 10.8. The number of aliphatic imine (C=N–C) groups is 1. The van der Waals surface area contributed by atoms with Gasteiger partial charge in [-0.2, -0.15) is 0 Å². The van der Waals surface area contributed by atoms with Crippen LogP contribution in [0.1, 0.15) is 52.5 Å². The van der Waals surface area contributed by atoms with E-state index in [0.717, 1.165) is 50.9 Å². The number of fused-ring (bicyclic) bond motifs is 7. The number of nitro groups is 1. The molecule has 4 bridgehead atoms. The van der Waals surface area contributed by atoms with E-state index in [1.807, 2.05) is 53.5 Å². The van der Waals surface area contributed by atoms with Crippen molar-refractivity contribution in [2.45, 2.75) is 31.6 Å². The van der Waals surface area contributed by atoms with Crippen molar-refractivity contribution in [1.29, 1.82) is 5.41 Å². The minimum absolute atomic E-state index is 0. The molecule has 5 N–H and O–H groups in total. The molecule has 15 heteroatoms. The first kappa shape index (κ1) is 44.8. The summed E-state index contributed by atoms with van der Waals surface area (Å²) >= 11 is 4.70. The second-order valence-corrected chi connectivity index (χ2v) is 17.0. The first-order chi connectivity index (χ1) is 26.3. The Bertz CT molecular complexity index is 2320. The van der Waals surface area contributed by atoms with E-state index in [2.05, 4.69) is 55.4 Å². The van der Waals surface area contributed by atoms with Gasteiger partial charge in [0.05, 0.1) is 25.9 Å². The van der Waals surface area contributed by atoms with E-state index < -0.39 is 0 Å². The first-order valence-corrected chi connectivity index (χ1v) is 21.4. The number of hydrogen-bond acceptors (Lipinski definition) is 9. The number of rotatable bonds is 6. The normalized spacial score (nSPS) is 19.6. The van der Waals surface area contributed by atoms with Crippen molar-refractivity contribution < 1.29 is 25.3 Å². The first-order valence-electron chi connectivity index (χ1n) is 18.4. The van der Waals surface area contributed by atoms with Crippen LogP contribution in [0.5, 0.6) is 0 Å². The second kappa shape index (κ2) is 20.1. The van der Waals surface area contributed by atoms with Crippen LogP contribution in [0, 0.1) is 34.8 Å². The van der Waals surface area contributed by atoms with Crippen LogP contribution in [0.15, 0.2) is 95.0 Å². The third kappa shape index (κ3) is 9.95. The number of thioether (sulfide) groups is 1. The number of nitrogens with one attached hydrogen (secondary N) is 3. The molecule has 304 valence electrons. The number of H-pyrrole nitrogens is 2. The fourth-order valence-corrected chi connectivity index (χ4v) is 10.2. The average molecular weight is 1030 g/mol. The van der Waals surface area contributed by atoms with Crippen molar-refractivity contribution in [2.75, 3.05) is 39.0 Å². The zero-order chi connectivity index (χ0) is 37.2. The summed E-state index contributed by atoms with van der Waals surface area (Å²) in [6, 6.07) is 19.4. The largest absolute Gasteiger partial charge is 0.383 e. The van der Waals surface area contributed by atoms with E-state index in [1.165, 1.54) is 79.2 Å². The molecule has 12 rings (SSSR count). The standard InChI is InChI=1S/C20H22N4S.C15H15N3O2.C6H7NS2.CH3.HI.Pd/c21-20(19-2-1-9-25-19)23-14-3-4-15-16(11-22-18(15)10-14)17-12-24-7-5-13(17)6-8-24;19-18(20)11-1-2-12-13(8-16-15(12)7-11)14-9-17-5-3-10(14)4-6-17;1-8-6(7)5-3-2-4-9-5;;;/h1-4,9-11,13,17,22H,5-8,12H2,(H2,21,23);1-2,7-10,16H,3-6H2;2-4,7H,1H3;1H3;1H;/q;;;-1;;. The van der Waals surface area contributed by atoms with Crippen LogP contribution < -0.4 is 5.73 Å². The third-order valence-corrected chi connectivity index (χ3v) is 13.7. The van der Waals surface area contributed by atoms with Crippen LogP contribution in [-0.2, 0) is 20.4 Å².